The van der Waals surface area contributed by atoms with Gasteiger partial charge >= 0.3 is 0 Å². The van der Waals surface area contributed by atoms with E-state index in [1.54, 1.807) is 13.8 Å². The van der Waals surface area contributed by atoms with Crippen molar-refractivity contribution >= 4 is 5.78 Å². The highest BCUT2D eigenvalue weighted by Gasteiger charge is 2.30. The molecular weight excluding hydrogens is 260 g/mol. The van der Waals surface area contributed by atoms with Crippen LogP contribution in [0.25, 0.3) is 0 Å². The van der Waals surface area contributed by atoms with Gasteiger partial charge in [0, 0.05) is 12.0 Å². The van der Waals surface area contributed by atoms with Crippen LogP contribution in [-0.2, 0) is 4.74 Å². The number of carbonyl (C=O) groups is 1. The Morgan fingerprint density at radius 3 is 2.70 bits per heavy atom. The molecule has 1 saturated heterocycles. The summed E-state index contributed by atoms with van der Waals surface area (Å²) in [6.45, 7) is 3.22. The van der Waals surface area contributed by atoms with Crippen LogP contribution in [0.5, 0.6) is 11.5 Å². The van der Waals surface area contributed by atoms with Gasteiger partial charge in [0.1, 0.15) is 11.5 Å². The first kappa shape index (κ1) is 14.8. The molecule has 3 unspecified atom stereocenters. The average molecular weight is 280 g/mol. The quantitative estimate of drug-likeness (QED) is 0.733. The van der Waals surface area contributed by atoms with Crippen molar-refractivity contribution in [2.24, 2.45) is 0 Å². The van der Waals surface area contributed by atoms with E-state index in [0.717, 1.165) is 12.8 Å². The monoisotopic (exact) mass is 280 g/mol. The lowest BCUT2D eigenvalue weighted by molar-refractivity contribution is -0.0265. The summed E-state index contributed by atoms with van der Waals surface area (Å²) in [7, 11) is 0. The van der Waals surface area contributed by atoms with Gasteiger partial charge in [-0.05, 0) is 38.8 Å². The number of benzene rings is 1. The predicted octanol–water partition coefficient (Wildman–Crippen LogP) is 1.91. The number of aliphatic hydroxyl groups excluding tert-OH is 1. The molecule has 0 radical (unpaired) electrons. The molecule has 110 valence electrons. The highest BCUT2D eigenvalue weighted by atomic mass is 16.5. The molecule has 20 heavy (non-hydrogen) atoms. The first-order chi connectivity index (χ1) is 9.40. The van der Waals surface area contributed by atoms with Crippen LogP contribution in [0.3, 0.4) is 0 Å². The van der Waals surface area contributed by atoms with Crippen molar-refractivity contribution in [1.29, 1.82) is 0 Å². The third kappa shape index (κ3) is 2.94. The predicted molar refractivity (Wildman–Crippen MR) is 73.0 cm³/mol. The first-order valence-electron chi connectivity index (χ1n) is 6.78. The molecule has 0 bridgehead atoms. The molecule has 5 nitrogen and oxygen atoms in total. The number of ether oxygens (including phenoxy) is 1. The van der Waals surface area contributed by atoms with Gasteiger partial charge in [0.15, 0.2) is 5.78 Å². The second-order valence-corrected chi connectivity index (χ2v) is 5.35. The summed E-state index contributed by atoms with van der Waals surface area (Å²) in [4.78, 5) is 12.2. The minimum atomic E-state index is -0.542. The average Bonchev–Trinajstić information content (AvgIpc) is 2.84. The van der Waals surface area contributed by atoms with Crippen LogP contribution in [0.1, 0.15) is 42.1 Å². The van der Waals surface area contributed by atoms with Gasteiger partial charge in [-0.3, -0.25) is 4.79 Å². The summed E-state index contributed by atoms with van der Waals surface area (Å²) < 4.78 is 5.61. The summed E-state index contributed by atoms with van der Waals surface area (Å²) in [6, 6.07) is 2.82. The minimum absolute atomic E-state index is 0.0367. The maximum absolute atomic E-state index is 12.2. The van der Waals surface area contributed by atoms with Crippen molar-refractivity contribution in [1.82, 2.24) is 0 Å². The second-order valence-electron chi connectivity index (χ2n) is 5.35. The SMILES string of the molecule is Cc1c(O)ccc(C(=O)CC2CCC(C(C)O)O2)c1O. The van der Waals surface area contributed by atoms with Gasteiger partial charge in [-0.2, -0.15) is 0 Å². The van der Waals surface area contributed by atoms with Crippen LogP contribution in [0.4, 0.5) is 0 Å². The fourth-order valence-corrected chi connectivity index (χ4v) is 2.47. The van der Waals surface area contributed by atoms with E-state index in [9.17, 15) is 20.1 Å². The Morgan fingerprint density at radius 2 is 2.10 bits per heavy atom. The Labute approximate surface area is 117 Å². The third-order valence-electron chi connectivity index (χ3n) is 3.79. The van der Waals surface area contributed by atoms with E-state index in [4.69, 9.17) is 4.74 Å². The van der Waals surface area contributed by atoms with Crippen LogP contribution in [0, 0.1) is 6.92 Å². The smallest absolute Gasteiger partial charge is 0.169 e. The van der Waals surface area contributed by atoms with Gasteiger partial charge in [-0.1, -0.05) is 0 Å². The van der Waals surface area contributed by atoms with Gasteiger partial charge in [-0.15, -0.1) is 0 Å². The molecule has 1 aliphatic rings. The number of aromatic hydroxyl groups is 2. The lowest BCUT2D eigenvalue weighted by Gasteiger charge is -2.16. The molecule has 3 N–H and O–H groups in total. The fourth-order valence-electron chi connectivity index (χ4n) is 2.47. The van der Waals surface area contributed by atoms with Crippen LogP contribution < -0.4 is 0 Å². The van der Waals surface area contributed by atoms with Crippen molar-refractivity contribution in [3.63, 3.8) is 0 Å². The first-order valence-corrected chi connectivity index (χ1v) is 6.78. The van der Waals surface area contributed by atoms with E-state index in [0.29, 0.717) is 5.56 Å². The zero-order valence-electron chi connectivity index (χ0n) is 11.7. The number of aliphatic hydroxyl groups is 1. The Kier molecular flexibility index (Phi) is 4.30. The molecule has 1 aliphatic heterocycles. The van der Waals surface area contributed by atoms with Crippen molar-refractivity contribution in [3.05, 3.63) is 23.3 Å². The van der Waals surface area contributed by atoms with Gasteiger partial charge in [-0.25, -0.2) is 0 Å². The van der Waals surface area contributed by atoms with Gasteiger partial charge in [0.05, 0.1) is 23.9 Å². The van der Waals surface area contributed by atoms with Crippen LogP contribution in [-0.4, -0.2) is 39.4 Å². The summed E-state index contributed by atoms with van der Waals surface area (Å²) >= 11 is 0. The van der Waals surface area contributed by atoms with E-state index < -0.39 is 6.10 Å². The number of hydrogen-bond acceptors (Lipinski definition) is 5. The minimum Gasteiger partial charge on any atom is -0.508 e. The van der Waals surface area contributed by atoms with Crippen molar-refractivity contribution in [2.75, 3.05) is 0 Å². The molecule has 0 aromatic heterocycles. The molecule has 1 heterocycles. The van der Waals surface area contributed by atoms with E-state index in [1.165, 1.54) is 12.1 Å². The number of rotatable bonds is 4. The van der Waals surface area contributed by atoms with Crippen molar-refractivity contribution in [3.8, 4) is 11.5 Å². The Morgan fingerprint density at radius 1 is 1.40 bits per heavy atom. The van der Waals surface area contributed by atoms with E-state index in [-0.39, 0.29) is 41.5 Å². The zero-order chi connectivity index (χ0) is 14.9. The lowest BCUT2D eigenvalue weighted by atomic mass is 10.00. The molecule has 3 atom stereocenters. The molecule has 0 saturated carbocycles. The number of phenolic OH excluding ortho intramolecular Hbond substituents is 2. The van der Waals surface area contributed by atoms with E-state index in [2.05, 4.69) is 0 Å². The van der Waals surface area contributed by atoms with E-state index in [1.807, 2.05) is 0 Å². The van der Waals surface area contributed by atoms with Crippen LogP contribution in [0.15, 0.2) is 12.1 Å². The molecule has 1 aromatic rings. The summed E-state index contributed by atoms with van der Waals surface area (Å²) in [5.41, 5.74) is 0.495. The zero-order valence-corrected chi connectivity index (χ0v) is 11.7. The molecule has 0 amide bonds. The molecule has 0 aliphatic carbocycles. The Balaban J connectivity index is 2.05. The number of Topliss-reactive ketones (excluding diaryl/α,β-unsaturated/α-hetero) is 1. The molecule has 2 rings (SSSR count). The Bertz CT molecular complexity index is 509. The largest absolute Gasteiger partial charge is 0.508 e. The number of carbonyl (C=O) groups excluding carboxylic acids is 1. The number of phenols is 2. The summed E-state index contributed by atoms with van der Waals surface area (Å²) in [5, 5.41) is 28.8. The normalized spacial score (nSPS) is 23.8. The lowest BCUT2D eigenvalue weighted by Crippen LogP contribution is -2.24. The van der Waals surface area contributed by atoms with Gasteiger partial charge in [0.25, 0.3) is 0 Å². The molecule has 1 fully saturated rings. The third-order valence-corrected chi connectivity index (χ3v) is 3.79. The summed E-state index contributed by atoms with van der Waals surface area (Å²) in [5.74, 6) is -0.438. The maximum atomic E-state index is 12.2. The highest BCUT2D eigenvalue weighted by Crippen LogP contribution is 2.32. The molecule has 1 aromatic carbocycles. The maximum Gasteiger partial charge on any atom is 0.169 e. The van der Waals surface area contributed by atoms with E-state index >= 15 is 0 Å². The fraction of sp³-hybridized carbons (Fsp3) is 0.533. The second kappa shape index (κ2) is 5.81. The van der Waals surface area contributed by atoms with Crippen molar-refractivity contribution < 1.29 is 24.9 Å². The molecular formula is C15H20O5. The van der Waals surface area contributed by atoms with Crippen molar-refractivity contribution in [2.45, 2.75) is 51.4 Å². The topological polar surface area (TPSA) is 87.0 Å². The molecule has 5 heteroatoms. The van der Waals surface area contributed by atoms with Gasteiger partial charge < -0.3 is 20.1 Å². The van der Waals surface area contributed by atoms with Gasteiger partial charge in [0.2, 0.25) is 0 Å². The summed E-state index contributed by atoms with van der Waals surface area (Å²) in [6.07, 6.45) is 0.633. The molecule has 0 spiro atoms. The van der Waals surface area contributed by atoms with Crippen LogP contribution >= 0.6 is 0 Å². The standard InChI is InChI=1S/C15H20O5/c1-8-12(17)5-4-11(15(8)19)13(18)7-10-3-6-14(20-10)9(2)16/h4-5,9-10,14,16-17,19H,3,6-7H2,1-2H3. The number of hydrogen-bond donors (Lipinski definition) is 3. The highest BCUT2D eigenvalue weighted by molar-refractivity contribution is 5.99. The Hall–Kier alpha value is -1.59. The number of ketones is 1. The van der Waals surface area contributed by atoms with Crippen LogP contribution in [0.2, 0.25) is 0 Å².